The highest BCUT2D eigenvalue weighted by molar-refractivity contribution is 14.1. The minimum atomic E-state index is -0.463. The van der Waals surface area contributed by atoms with E-state index >= 15 is 0 Å². The molecule has 2 heteroatoms. The van der Waals surface area contributed by atoms with E-state index in [2.05, 4.69) is 41.3 Å². The van der Waals surface area contributed by atoms with Crippen molar-refractivity contribution >= 4 is 33.4 Å². The lowest BCUT2D eigenvalue weighted by atomic mass is 9.99. The molecule has 1 N–H and O–H groups in total. The zero-order chi connectivity index (χ0) is 11.5. The lowest BCUT2D eigenvalue weighted by Crippen LogP contribution is -1.97. The first-order valence-corrected chi connectivity index (χ1v) is 6.25. The third kappa shape index (κ3) is 2.44. The van der Waals surface area contributed by atoms with Crippen molar-refractivity contribution in [1.82, 2.24) is 0 Å². The number of aliphatic hydroxyl groups excluding tert-OH is 1. The quantitative estimate of drug-likeness (QED) is 0.839. The van der Waals surface area contributed by atoms with Gasteiger partial charge in [0.2, 0.25) is 0 Å². The SMILES string of the molecule is C=C(I)CC(O)c1cccc2ccccc12. The Bertz CT molecular complexity index is 514. The van der Waals surface area contributed by atoms with E-state index in [9.17, 15) is 5.11 Å². The summed E-state index contributed by atoms with van der Waals surface area (Å²) < 4.78 is 0.970. The molecule has 0 aromatic heterocycles. The largest absolute Gasteiger partial charge is 0.388 e. The van der Waals surface area contributed by atoms with Gasteiger partial charge in [0.25, 0.3) is 0 Å². The zero-order valence-electron chi connectivity index (χ0n) is 8.86. The maximum Gasteiger partial charge on any atom is 0.0840 e. The Hall–Kier alpha value is -0.870. The molecule has 2 aromatic carbocycles. The maximum absolute atomic E-state index is 10.1. The van der Waals surface area contributed by atoms with Crippen molar-refractivity contribution in [2.45, 2.75) is 12.5 Å². The minimum absolute atomic E-state index is 0.463. The van der Waals surface area contributed by atoms with E-state index in [4.69, 9.17) is 0 Å². The van der Waals surface area contributed by atoms with Gasteiger partial charge in [0.15, 0.2) is 0 Å². The molecule has 1 atom stereocenters. The second-order valence-electron chi connectivity index (χ2n) is 3.81. The monoisotopic (exact) mass is 324 g/mol. The van der Waals surface area contributed by atoms with Crippen LogP contribution in [-0.2, 0) is 0 Å². The Morgan fingerprint density at radius 2 is 1.88 bits per heavy atom. The van der Waals surface area contributed by atoms with Gasteiger partial charge in [-0.25, -0.2) is 0 Å². The maximum atomic E-state index is 10.1. The van der Waals surface area contributed by atoms with Crippen LogP contribution >= 0.6 is 22.6 Å². The fourth-order valence-corrected chi connectivity index (χ4v) is 2.28. The van der Waals surface area contributed by atoms with Crippen LogP contribution in [0.15, 0.2) is 52.6 Å². The molecule has 1 nitrogen and oxygen atoms in total. The number of aliphatic hydroxyl groups is 1. The molecule has 0 aliphatic rings. The van der Waals surface area contributed by atoms with Crippen LogP contribution in [0.3, 0.4) is 0 Å². The fourth-order valence-electron chi connectivity index (χ4n) is 1.86. The Balaban J connectivity index is 2.47. The van der Waals surface area contributed by atoms with Crippen LogP contribution in [0.25, 0.3) is 10.8 Å². The zero-order valence-corrected chi connectivity index (χ0v) is 11.0. The highest BCUT2D eigenvalue weighted by atomic mass is 127. The second-order valence-corrected chi connectivity index (χ2v) is 5.33. The van der Waals surface area contributed by atoms with Gasteiger partial charge in [-0.05, 0) is 42.5 Å². The summed E-state index contributed by atoms with van der Waals surface area (Å²) >= 11 is 2.15. The van der Waals surface area contributed by atoms with Gasteiger partial charge in [-0.1, -0.05) is 49.0 Å². The van der Waals surface area contributed by atoms with Gasteiger partial charge in [0, 0.05) is 6.42 Å². The van der Waals surface area contributed by atoms with Crippen molar-refractivity contribution in [1.29, 1.82) is 0 Å². The van der Waals surface area contributed by atoms with Crippen molar-refractivity contribution in [3.05, 3.63) is 58.2 Å². The highest BCUT2D eigenvalue weighted by Crippen LogP contribution is 2.29. The molecule has 0 amide bonds. The third-order valence-electron chi connectivity index (χ3n) is 2.60. The molecule has 16 heavy (non-hydrogen) atoms. The predicted molar refractivity (Wildman–Crippen MR) is 76.7 cm³/mol. The van der Waals surface area contributed by atoms with E-state index in [-0.39, 0.29) is 0 Å². The number of hydrogen-bond acceptors (Lipinski definition) is 1. The molecule has 1 unspecified atom stereocenters. The summed E-state index contributed by atoms with van der Waals surface area (Å²) in [5, 5.41) is 12.4. The van der Waals surface area contributed by atoms with Crippen molar-refractivity contribution < 1.29 is 5.11 Å². The van der Waals surface area contributed by atoms with E-state index in [1.165, 1.54) is 0 Å². The molecule has 0 aliphatic heterocycles. The van der Waals surface area contributed by atoms with Gasteiger partial charge in [0.1, 0.15) is 0 Å². The molecule has 0 heterocycles. The number of halogens is 1. The number of hydrogen-bond donors (Lipinski definition) is 1. The molecule has 0 saturated heterocycles. The molecule has 2 rings (SSSR count). The average molecular weight is 324 g/mol. The third-order valence-corrected chi connectivity index (χ3v) is 3.04. The van der Waals surface area contributed by atoms with Crippen LogP contribution in [0, 0.1) is 0 Å². The Morgan fingerprint density at radius 3 is 2.62 bits per heavy atom. The van der Waals surface area contributed by atoms with Gasteiger partial charge in [-0.15, -0.1) is 0 Å². The van der Waals surface area contributed by atoms with Crippen molar-refractivity contribution in [3.63, 3.8) is 0 Å². The molecular weight excluding hydrogens is 311 g/mol. The van der Waals surface area contributed by atoms with E-state index in [0.717, 1.165) is 19.9 Å². The number of fused-ring (bicyclic) bond motifs is 1. The fraction of sp³-hybridized carbons (Fsp3) is 0.143. The topological polar surface area (TPSA) is 20.2 Å². The molecule has 0 fully saturated rings. The van der Waals surface area contributed by atoms with Crippen molar-refractivity contribution in [2.75, 3.05) is 0 Å². The minimum Gasteiger partial charge on any atom is -0.388 e. The molecule has 2 aromatic rings. The van der Waals surface area contributed by atoms with Gasteiger partial charge in [-0.3, -0.25) is 0 Å². The first-order valence-electron chi connectivity index (χ1n) is 5.17. The van der Waals surface area contributed by atoms with E-state index < -0.39 is 6.10 Å². The highest BCUT2D eigenvalue weighted by Gasteiger charge is 2.10. The lowest BCUT2D eigenvalue weighted by Gasteiger charge is -2.13. The van der Waals surface area contributed by atoms with Gasteiger partial charge in [0.05, 0.1) is 6.10 Å². The lowest BCUT2D eigenvalue weighted by molar-refractivity contribution is 0.183. The molecule has 0 aliphatic carbocycles. The van der Waals surface area contributed by atoms with Gasteiger partial charge < -0.3 is 5.11 Å². The second kappa shape index (κ2) is 4.97. The summed E-state index contributed by atoms with van der Waals surface area (Å²) in [5.41, 5.74) is 0.982. The molecule has 82 valence electrons. The van der Waals surface area contributed by atoms with Crippen LogP contribution in [0.5, 0.6) is 0 Å². The van der Waals surface area contributed by atoms with Gasteiger partial charge in [-0.2, -0.15) is 0 Å². The summed E-state index contributed by atoms with van der Waals surface area (Å²) in [6.45, 7) is 3.83. The number of rotatable bonds is 3. The Kier molecular flexibility index (Phi) is 3.61. The Labute approximate surface area is 109 Å². The molecule has 0 saturated carbocycles. The molecule has 0 radical (unpaired) electrons. The van der Waals surface area contributed by atoms with Crippen LogP contribution in [-0.4, -0.2) is 5.11 Å². The number of benzene rings is 2. The van der Waals surface area contributed by atoms with Crippen LogP contribution in [0.2, 0.25) is 0 Å². The van der Waals surface area contributed by atoms with Crippen LogP contribution < -0.4 is 0 Å². The summed E-state index contributed by atoms with van der Waals surface area (Å²) in [6.07, 6.45) is 0.143. The molecule has 0 bridgehead atoms. The smallest absolute Gasteiger partial charge is 0.0840 e. The van der Waals surface area contributed by atoms with Crippen LogP contribution in [0.1, 0.15) is 18.1 Å². The normalized spacial score (nSPS) is 12.6. The van der Waals surface area contributed by atoms with Crippen LogP contribution in [0.4, 0.5) is 0 Å². The van der Waals surface area contributed by atoms with E-state index in [0.29, 0.717) is 6.42 Å². The van der Waals surface area contributed by atoms with E-state index in [1.54, 1.807) is 0 Å². The first kappa shape index (κ1) is 11.6. The Morgan fingerprint density at radius 1 is 1.19 bits per heavy atom. The van der Waals surface area contributed by atoms with Gasteiger partial charge >= 0.3 is 0 Å². The summed E-state index contributed by atoms with van der Waals surface area (Å²) in [4.78, 5) is 0. The van der Waals surface area contributed by atoms with E-state index in [1.807, 2.05) is 30.3 Å². The standard InChI is InChI=1S/C14H13IO/c1-10(15)9-14(16)13-8-4-6-11-5-2-3-7-12(11)13/h2-8,14,16H,1,9H2. The first-order chi connectivity index (χ1) is 7.68. The predicted octanol–water partition coefficient (Wildman–Crippen LogP) is 4.21. The molecule has 0 spiro atoms. The summed E-state index contributed by atoms with van der Waals surface area (Å²) in [7, 11) is 0. The van der Waals surface area contributed by atoms with Crippen molar-refractivity contribution in [3.8, 4) is 0 Å². The average Bonchev–Trinajstić information content (AvgIpc) is 2.27. The molecular formula is C14H13IO. The summed E-state index contributed by atoms with van der Waals surface area (Å²) in [5.74, 6) is 0. The van der Waals surface area contributed by atoms with Crippen molar-refractivity contribution in [2.24, 2.45) is 0 Å². The summed E-state index contributed by atoms with van der Waals surface area (Å²) in [6, 6.07) is 14.1.